The topological polar surface area (TPSA) is 61.6 Å². The average molecular weight is 548 g/mol. The molecule has 36 heavy (non-hydrogen) atoms. The molecule has 0 unspecified atom stereocenters. The zero-order valence-corrected chi connectivity index (χ0v) is 22.2. The molecule has 1 amide bonds. The number of nitrogens with one attached hydrogen (secondary N) is 1. The lowest BCUT2D eigenvalue weighted by molar-refractivity contribution is -0.114. The number of piperidine rings is 2. The summed E-state index contributed by atoms with van der Waals surface area (Å²) in [6, 6.07) is 15.8. The summed E-state index contributed by atoms with van der Waals surface area (Å²) in [4.78, 5) is 15.8. The minimum Gasteiger partial charge on any atom is -0.371 e. The molecule has 0 saturated carbocycles. The third kappa shape index (κ3) is 5.67. The number of aromatic nitrogens is 1. The van der Waals surface area contributed by atoms with E-state index in [1.165, 1.54) is 32.4 Å². The number of hydrogen-bond acceptors (Lipinski definition) is 5. The number of alkyl halides is 2. The Balaban J connectivity index is 1.35. The summed E-state index contributed by atoms with van der Waals surface area (Å²) < 4.78 is 5.71. The van der Waals surface area contributed by atoms with Crippen LogP contribution < -0.4 is 10.2 Å². The number of nitrogens with zero attached hydrogens (tertiary/aromatic N) is 3. The Morgan fingerprint density at radius 1 is 1.00 bits per heavy atom. The second kappa shape index (κ2) is 11.4. The molecule has 1 aromatic heterocycles. The molecule has 0 spiro atoms. The Labute approximate surface area is 226 Å². The van der Waals surface area contributed by atoms with Crippen LogP contribution in [0.4, 0.5) is 11.4 Å². The summed E-state index contributed by atoms with van der Waals surface area (Å²) >= 11 is 18.0. The second-order valence-corrected chi connectivity index (χ2v) is 10.9. The molecule has 0 aliphatic carbocycles. The summed E-state index contributed by atoms with van der Waals surface area (Å²) in [7, 11) is 0. The van der Waals surface area contributed by atoms with Gasteiger partial charge >= 0.3 is 0 Å². The van der Waals surface area contributed by atoms with Crippen LogP contribution in [0.1, 0.15) is 32.1 Å². The molecular weight excluding hydrogens is 519 g/mol. The lowest BCUT2D eigenvalue weighted by Crippen LogP contribution is -2.46. The standard InChI is InChI=1S/C27H29Cl3N4O2/c28-21-8-5-9-23(34-14-10-20(11-15-34)33-12-2-1-3-13-33)25(21)22-17-24(36-32-22)18-6-4-7-19(16-18)31-27(35)26(29)30/h4-9,16-17,20,26H,1-3,10-15H2,(H,31,35). The summed E-state index contributed by atoms with van der Waals surface area (Å²) in [5.74, 6) is 0.0857. The van der Waals surface area contributed by atoms with Crippen molar-refractivity contribution in [3.05, 3.63) is 53.6 Å². The Morgan fingerprint density at radius 2 is 1.75 bits per heavy atom. The smallest absolute Gasteiger partial charge is 0.257 e. The number of amides is 1. The van der Waals surface area contributed by atoms with Crippen LogP contribution in [0, 0.1) is 0 Å². The van der Waals surface area contributed by atoms with Crippen molar-refractivity contribution in [2.24, 2.45) is 0 Å². The predicted octanol–water partition coefficient (Wildman–Crippen LogP) is 6.86. The van der Waals surface area contributed by atoms with Gasteiger partial charge in [0.2, 0.25) is 0 Å². The van der Waals surface area contributed by atoms with Crippen LogP contribution in [0.2, 0.25) is 5.02 Å². The van der Waals surface area contributed by atoms with Gasteiger partial charge in [-0.1, -0.05) is 64.6 Å². The average Bonchev–Trinajstić information content (AvgIpc) is 3.39. The van der Waals surface area contributed by atoms with Crippen molar-refractivity contribution >= 4 is 52.1 Å². The van der Waals surface area contributed by atoms with E-state index in [1.807, 2.05) is 30.3 Å². The molecule has 3 aromatic rings. The molecule has 0 bridgehead atoms. The number of anilines is 2. The molecule has 9 heteroatoms. The largest absolute Gasteiger partial charge is 0.371 e. The van der Waals surface area contributed by atoms with Crippen molar-refractivity contribution < 1.29 is 9.32 Å². The van der Waals surface area contributed by atoms with Gasteiger partial charge in [-0.05, 0) is 63.0 Å². The van der Waals surface area contributed by atoms with E-state index < -0.39 is 10.7 Å². The molecule has 3 heterocycles. The van der Waals surface area contributed by atoms with Crippen molar-refractivity contribution in [2.45, 2.75) is 43.0 Å². The van der Waals surface area contributed by atoms with Gasteiger partial charge in [0.05, 0.1) is 5.02 Å². The number of hydrogen-bond donors (Lipinski definition) is 1. The summed E-state index contributed by atoms with van der Waals surface area (Å²) in [5, 5.41) is 7.69. The van der Waals surface area contributed by atoms with Gasteiger partial charge < -0.3 is 19.6 Å². The van der Waals surface area contributed by atoms with Gasteiger partial charge in [0, 0.05) is 47.7 Å². The van der Waals surface area contributed by atoms with E-state index >= 15 is 0 Å². The molecule has 190 valence electrons. The number of likely N-dealkylation sites (tertiary alicyclic amines) is 1. The Kier molecular flexibility index (Phi) is 8.06. The maximum Gasteiger partial charge on any atom is 0.257 e. The highest BCUT2D eigenvalue weighted by atomic mass is 35.5. The monoisotopic (exact) mass is 546 g/mol. The molecule has 2 aromatic carbocycles. The third-order valence-electron chi connectivity index (χ3n) is 7.08. The Bertz CT molecular complexity index is 1200. The SMILES string of the molecule is O=C(Nc1cccc(-c2cc(-c3c(Cl)cccc3N3CCC(N4CCCCC4)CC3)no2)c1)C(Cl)Cl. The van der Waals surface area contributed by atoms with E-state index in [2.05, 4.69) is 26.3 Å². The normalized spacial score (nSPS) is 17.5. The number of rotatable bonds is 6. The number of carbonyl (C=O) groups excluding carboxylic acids is 1. The minimum absolute atomic E-state index is 0.487. The molecule has 2 aliphatic rings. The maximum absolute atomic E-state index is 11.9. The molecule has 1 N–H and O–H groups in total. The fourth-order valence-corrected chi connectivity index (χ4v) is 5.64. The van der Waals surface area contributed by atoms with E-state index in [0.29, 0.717) is 28.2 Å². The van der Waals surface area contributed by atoms with Gasteiger partial charge in [0.25, 0.3) is 5.91 Å². The van der Waals surface area contributed by atoms with Gasteiger partial charge in [-0.3, -0.25) is 4.79 Å². The Morgan fingerprint density at radius 3 is 2.50 bits per heavy atom. The van der Waals surface area contributed by atoms with Crippen LogP contribution in [0.15, 0.2) is 53.1 Å². The fraction of sp³-hybridized carbons (Fsp3) is 0.407. The van der Waals surface area contributed by atoms with E-state index in [4.69, 9.17) is 39.3 Å². The van der Waals surface area contributed by atoms with E-state index in [0.717, 1.165) is 42.7 Å². The lowest BCUT2D eigenvalue weighted by Gasteiger charge is -2.41. The first-order valence-corrected chi connectivity index (χ1v) is 13.7. The van der Waals surface area contributed by atoms with E-state index in [9.17, 15) is 4.79 Å². The summed E-state index contributed by atoms with van der Waals surface area (Å²) in [6.07, 6.45) is 6.31. The fourth-order valence-electron chi connectivity index (χ4n) is 5.26. The zero-order valence-electron chi connectivity index (χ0n) is 19.9. The second-order valence-electron chi connectivity index (χ2n) is 9.40. The molecule has 0 radical (unpaired) electrons. The van der Waals surface area contributed by atoms with Crippen molar-refractivity contribution in [1.82, 2.24) is 10.1 Å². The van der Waals surface area contributed by atoms with Crippen LogP contribution >= 0.6 is 34.8 Å². The van der Waals surface area contributed by atoms with Crippen molar-refractivity contribution in [2.75, 3.05) is 36.4 Å². The molecule has 6 nitrogen and oxygen atoms in total. The minimum atomic E-state index is -1.14. The molecule has 2 aliphatic heterocycles. The van der Waals surface area contributed by atoms with Gasteiger partial charge in [-0.2, -0.15) is 0 Å². The van der Waals surface area contributed by atoms with Crippen molar-refractivity contribution in [3.63, 3.8) is 0 Å². The predicted molar refractivity (Wildman–Crippen MR) is 147 cm³/mol. The van der Waals surface area contributed by atoms with E-state index in [-0.39, 0.29) is 0 Å². The summed E-state index contributed by atoms with van der Waals surface area (Å²) in [5.41, 5.74) is 3.97. The molecular formula is C27H29Cl3N4O2. The first-order chi connectivity index (χ1) is 17.5. The van der Waals surface area contributed by atoms with Crippen molar-refractivity contribution in [3.8, 4) is 22.6 Å². The zero-order chi connectivity index (χ0) is 25.1. The van der Waals surface area contributed by atoms with E-state index in [1.54, 1.807) is 12.1 Å². The molecule has 2 saturated heterocycles. The molecule has 0 atom stereocenters. The highest BCUT2D eigenvalue weighted by Gasteiger charge is 2.28. The first-order valence-electron chi connectivity index (χ1n) is 12.4. The highest BCUT2D eigenvalue weighted by Crippen LogP contribution is 2.39. The van der Waals surface area contributed by atoms with Crippen LogP contribution in [-0.2, 0) is 4.79 Å². The third-order valence-corrected chi connectivity index (χ3v) is 7.79. The lowest BCUT2D eigenvalue weighted by atomic mass is 9.98. The summed E-state index contributed by atoms with van der Waals surface area (Å²) in [6.45, 7) is 4.45. The molecule has 5 rings (SSSR count). The first kappa shape index (κ1) is 25.4. The van der Waals surface area contributed by atoms with Crippen LogP contribution in [0.5, 0.6) is 0 Å². The number of carbonyl (C=O) groups is 1. The van der Waals surface area contributed by atoms with Crippen LogP contribution in [-0.4, -0.2) is 53.0 Å². The quantitative estimate of drug-likeness (QED) is 0.342. The van der Waals surface area contributed by atoms with Crippen LogP contribution in [0.25, 0.3) is 22.6 Å². The number of benzene rings is 2. The Hall–Kier alpha value is -2.25. The van der Waals surface area contributed by atoms with Gasteiger partial charge in [0.1, 0.15) is 5.69 Å². The van der Waals surface area contributed by atoms with Crippen molar-refractivity contribution in [1.29, 1.82) is 0 Å². The maximum atomic E-state index is 11.9. The number of halogens is 3. The van der Waals surface area contributed by atoms with Gasteiger partial charge in [-0.25, -0.2) is 0 Å². The van der Waals surface area contributed by atoms with Crippen LogP contribution in [0.3, 0.4) is 0 Å². The van der Waals surface area contributed by atoms with Gasteiger partial charge in [0.15, 0.2) is 10.6 Å². The molecule has 2 fully saturated rings. The highest BCUT2D eigenvalue weighted by molar-refractivity contribution is 6.54. The van der Waals surface area contributed by atoms with Gasteiger partial charge in [-0.15, -0.1) is 0 Å².